The molecular formula is C15H19N3O4. The molecule has 7 heteroatoms. The van der Waals surface area contributed by atoms with E-state index in [1.165, 1.54) is 18.2 Å². The van der Waals surface area contributed by atoms with Gasteiger partial charge in [0, 0.05) is 13.1 Å². The van der Waals surface area contributed by atoms with Crippen molar-refractivity contribution in [1.29, 1.82) is 0 Å². The Morgan fingerprint density at radius 2 is 1.95 bits per heavy atom. The summed E-state index contributed by atoms with van der Waals surface area (Å²) in [7, 11) is 0. The molecule has 2 aromatic rings. The first-order chi connectivity index (χ1) is 10.5. The van der Waals surface area contributed by atoms with E-state index >= 15 is 0 Å². The number of aromatic nitrogens is 2. The van der Waals surface area contributed by atoms with Crippen LogP contribution in [0.5, 0.6) is 0 Å². The summed E-state index contributed by atoms with van der Waals surface area (Å²) in [6, 6.07) is 4.10. The normalized spacial score (nSPS) is 11.2. The number of H-pyrrole nitrogens is 1. The topological polar surface area (TPSA) is 95.4 Å². The molecule has 0 aliphatic rings. The molecule has 118 valence electrons. The molecule has 0 atom stereocenters. The van der Waals surface area contributed by atoms with E-state index in [2.05, 4.69) is 9.88 Å². The minimum Gasteiger partial charge on any atom is -0.478 e. The van der Waals surface area contributed by atoms with E-state index < -0.39 is 17.2 Å². The van der Waals surface area contributed by atoms with Crippen molar-refractivity contribution in [2.75, 3.05) is 19.6 Å². The van der Waals surface area contributed by atoms with Crippen molar-refractivity contribution >= 4 is 16.9 Å². The van der Waals surface area contributed by atoms with Crippen LogP contribution in [0, 0.1) is 0 Å². The standard InChI is InChI=1S/C15H19N3O4/c1-3-17(4-2)7-8-18-13(19)11-6-5-10(14(20)21)9-12(11)16-15(18)22/h5-6,9H,3-4,7-8H2,1-2H3,(H,16,22)(H,20,21). The lowest BCUT2D eigenvalue weighted by Crippen LogP contribution is -2.39. The van der Waals surface area contributed by atoms with Gasteiger partial charge in [0.05, 0.1) is 16.5 Å². The molecule has 0 saturated heterocycles. The first-order valence-corrected chi connectivity index (χ1v) is 7.20. The number of likely N-dealkylation sites (N-methyl/N-ethyl adjacent to an activating group) is 1. The third kappa shape index (κ3) is 3.09. The second kappa shape index (κ2) is 6.57. The summed E-state index contributed by atoms with van der Waals surface area (Å²) >= 11 is 0. The van der Waals surface area contributed by atoms with Crippen LogP contribution in [0.25, 0.3) is 10.9 Å². The molecule has 0 saturated carbocycles. The van der Waals surface area contributed by atoms with E-state index in [1.54, 1.807) is 0 Å². The highest BCUT2D eigenvalue weighted by molar-refractivity contribution is 5.92. The first-order valence-electron chi connectivity index (χ1n) is 7.20. The molecule has 0 amide bonds. The maximum Gasteiger partial charge on any atom is 0.335 e. The molecular weight excluding hydrogens is 286 g/mol. The molecule has 1 heterocycles. The zero-order valence-electron chi connectivity index (χ0n) is 12.6. The van der Waals surface area contributed by atoms with Gasteiger partial charge in [-0.05, 0) is 31.3 Å². The van der Waals surface area contributed by atoms with Crippen LogP contribution in [0.2, 0.25) is 0 Å². The Bertz CT molecular complexity index is 803. The van der Waals surface area contributed by atoms with Crippen molar-refractivity contribution in [1.82, 2.24) is 14.5 Å². The van der Waals surface area contributed by atoms with Crippen molar-refractivity contribution in [2.24, 2.45) is 0 Å². The van der Waals surface area contributed by atoms with Gasteiger partial charge in [-0.2, -0.15) is 0 Å². The van der Waals surface area contributed by atoms with Crippen LogP contribution in [0.15, 0.2) is 27.8 Å². The summed E-state index contributed by atoms with van der Waals surface area (Å²) in [5.41, 5.74) is -0.646. The fraction of sp³-hybridized carbons (Fsp3) is 0.400. The summed E-state index contributed by atoms with van der Waals surface area (Å²) in [4.78, 5) is 40.1. The number of aromatic carboxylic acids is 1. The van der Waals surface area contributed by atoms with Crippen molar-refractivity contribution in [3.8, 4) is 0 Å². The van der Waals surface area contributed by atoms with E-state index in [-0.39, 0.29) is 11.1 Å². The number of hydrogen-bond acceptors (Lipinski definition) is 4. The molecule has 0 fully saturated rings. The maximum atomic E-state index is 12.4. The number of carboxylic acid groups (broad SMARTS) is 1. The SMILES string of the molecule is CCN(CC)CCn1c(=O)[nH]c2cc(C(=O)O)ccc2c1=O. The number of carbonyl (C=O) groups is 1. The van der Waals surface area contributed by atoms with Gasteiger partial charge in [0.15, 0.2) is 0 Å². The predicted octanol–water partition coefficient (Wildman–Crippen LogP) is 0.730. The number of fused-ring (bicyclic) bond motifs is 1. The Morgan fingerprint density at radius 3 is 2.55 bits per heavy atom. The number of nitrogens with one attached hydrogen (secondary N) is 1. The Balaban J connectivity index is 2.45. The van der Waals surface area contributed by atoms with Crippen LogP contribution >= 0.6 is 0 Å². The Kier molecular flexibility index (Phi) is 4.77. The minimum absolute atomic E-state index is 0.0310. The van der Waals surface area contributed by atoms with Crippen LogP contribution < -0.4 is 11.2 Å². The van der Waals surface area contributed by atoms with Gasteiger partial charge >= 0.3 is 11.7 Å². The monoisotopic (exact) mass is 305 g/mol. The molecule has 2 N–H and O–H groups in total. The molecule has 0 radical (unpaired) electrons. The van der Waals surface area contributed by atoms with E-state index in [1.807, 2.05) is 13.8 Å². The van der Waals surface area contributed by atoms with Crippen LogP contribution in [-0.4, -0.2) is 45.2 Å². The Morgan fingerprint density at radius 1 is 1.27 bits per heavy atom. The molecule has 0 bridgehead atoms. The van der Waals surface area contributed by atoms with Crippen LogP contribution in [-0.2, 0) is 6.54 Å². The summed E-state index contributed by atoms with van der Waals surface area (Å²) in [6.45, 7) is 6.63. The van der Waals surface area contributed by atoms with Crippen molar-refractivity contribution in [2.45, 2.75) is 20.4 Å². The molecule has 1 aromatic heterocycles. The highest BCUT2D eigenvalue weighted by Crippen LogP contribution is 2.09. The van der Waals surface area contributed by atoms with Crippen molar-refractivity contribution in [3.63, 3.8) is 0 Å². The lowest BCUT2D eigenvalue weighted by molar-refractivity contribution is 0.0697. The van der Waals surface area contributed by atoms with Crippen LogP contribution in [0.4, 0.5) is 0 Å². The van der Waals surface area contributed by atoms with Crippen LogP contribution in [0.1, 0.15) is 24.2 Å². The summed E-state index contributed by atoms with van der Waals surface area (Å²) in [5, 5.41) is 9.27. The second-order valence-corrected chi connectivity index (χ2v) is 4.98. The molecule has 0 spiro atoms. The predicted molar refractivity (Wildman–Crippen MR) is 83.6 cm³/mol. The van der Waals surface area contributed by atoms with Gasteiger partial charge in [-0.25, -0.2) is 9.59 Å². The van der Waals surface area contributed by atoms with Gasteiger partial charge in [-0.15, -0.1) is 0 Å². The first kappa shape index (κ1) is 16.0. The number of aromatic amines is 1. The van der Waals surface area contributed by atoms with Gasteiger partial charge < -0.3 is 15.0 Å². The largest absolute Gasteiger partial charge is 0.478 e. The highest BCUT2D eigenvalue weighted by Gasteiger charge is 2.11. The van der Waals surface area contributed by atoms with E-state index in [0.717, 1.165) is 17.7 Å². The van der Waals surface area contributed by atoms with E-state index in [0.29, 0.717) is 18.5 Å². The zero-order valence-corrected chi connectivity index (χ0v) is 12.6. The number of rotatable bonds is 6. The smallest absolute Gasteiger partial charge is 0.335 e. The number of benzene rings is 1. The lowest BCUT2D eigenvalue weighted by atomic mass is 10.1. The summed E-state index contributed by atoms with van der Waals surface area (Å²) in [5.74, 6) is -1.10. The van der Waals surface area contributed by atoms with Crippen molar-refractivity contribution in [3.05, 3.63) is 44.6 Å². The number of nitrogens with zero attached hydrogens (tertiary/aromatic N) is 2. The van der Waals surface area contributed by atoms with Gasteiger partial charge in [0.1, 0.15) is 0 Å². The number of hydrogen-bond donors (Lipinski definition) is 2. The third-order valence-corrected chi connectivity index (χ3v) is 3.76. The second-order valence-electron chi connectivity index (χ2n) is 4.98. The number of carboxylic acids is 1. The molecule has 0 aliphatic heterocycles. The molecule has 2 rings (SSSR count). The molecule has 0 aliphatic carbocycles. The quantitative estimate of drug-likeness (QED) is 0.820. The molecule has 7 nitrogen and oxygen atoms in total. The van der Waals surface area contributed by atoms with Gasteiger partial charge in [0.2, 0.25) is 0 Å². The average Bonchev–Trinajstić information content (AvgIpc) is 2.50. The fourth-order valence-electron chi connectivity index (χ4n) is 2.37. The maximum absolute atomic E-state index is 12.4. The summed E-state index contributed by atoms with van der Waals surface area (Å²) in [6.07, 6.45) is 0. The van der Waals surface area contributed by atoms with Gasteiger partial charge in [-0.1, -0.05) is 13.8 Å². The molecule has 1 aromatic carbocycles. The fourth-order valence-corrected chi connectivity index (χ4v) is 2.37. The van der Waals surface area contributed by atoms with Gasteiger partial charge in [-0.3, -0.25) is 9.36 Å². The minimum atomic E-state index is -1.10. The average molecular weight is 305 g/mol. The molecule has 0 unspecified atom stereocenters. The zero-order chi connectivity index (χ0) is 16.3. The lowest BCUT2D eigenvalue weighted by Gasteiger charge is -2.18. The van der Waals surface area contributed by atoms with E-state index in [4.69, 9.17) is 5.11 Å². The third-order valence-electron chi connectivity index (χ3n) is 3.76. The Labute approximate surface area is 126 Å². The Hall–Kier alpha value is -2.41. The summed E-state index contributed by atoms with van der Waals surface area (Å²) < 4.78 is 1.15. The van der Waals surface area contributed by atoms with Crippen LogP contribution in [0.3, 0.4) is 0 Å². The molecule has 22 heavy (non-hydrogen) atoms. The highest BCUT2D eigenvalue weighted by atomic mass is 16.4. The van der Waals surface area contributed by atoms with Crippen molar-refractivity contribution < 1.29 is 9.90 Å². The van der Waals surface area contributed by atoms with Gasteiger partial charge in [0.25, 0.3) is 5.56 Å². The van der Waals surface area contributed by atoms with E-state index in [9.17, 15) is 14.4 Å².